The number of hydrogen-bond donors (Lipinski definition) is 0. The number of hydrogen-bond acceptors (Lipinski definition) is 7. The van der Waals surface area contributed by atoms with E-state index in [1.54, 1.807) is 24.3 Å². The summed E-state index contributed by atoms with van der Waals surface area (Å²) in [6.45, 7) is 2.30. The van der Waals surface area contributed by atoms with Crippen molar-refractivity contribution in [3.63, 3.8) is 0 Å². The van der Waals surface area contributed by atoms with Crippen molar-refractivity contribution in [2.24, 2.45) is 0 Å². The maximum absolute atomic E-state index is 14.0. The van der Waals surface area contributed by atoms with E-state index >= 15 is 0 Å². The van der Waals surface area contributed by atoms with Crippen molar-refractivity contribution in [3.8, 4) is 5.75 Å². The maximum Gasteiger partial charge on any atom is 0.247 e. The van der Waals surface area contributed by atoms with Gasteiger partial charge in [0.05, 0.1) is 35.0 Å². The normalized spacial score (nSPS) is 16.5. The first-order chi connectivity index (χ1) is 17.3. The Morgan fingerprint density at radius 2 is 2.06 bits per heavy atom. The lowest BCUT2D eigenvalue weighted by molar-refractivity contribution is -0.121. The van der Waals surface area contributed by atoms with Gasteiger partial charge in [-0.15, -0.1) is 0 Å². The fourth-order valence-electron chi connectivity index (χ4n) is 4.39. The van der Waals surface area contributed by atoms with E-state index in [2.05, 4.69) is 0 Å². The van der Waals surface area contributed by atoms with Gasteiger partial charge in [-0.3, -0.25) is 9.69 Å². The maximum atomic E-state index is 14.0. The number of ether oxygens (including phenoxy) is 1. The van der Waals surface area contributed by atoms with Crippen molar-refractivity contribution in [3.05, 3.63) is 71.1 Å². The molecule has 1 amide bonds. The minimum atomic E-state index is -3.90. The van der Waals surface area contributed by atoms with Crippen LogP contribution in [0.5, 0.6) is 5.75 Å². The van der Waals surface area contributed by atoms with Gasteiger partial charge in [-0.05, 0) is 73.9 Å². The second-order valence-corrected chi connectivity index (χ2v) is 11.9. The van der Waals surface area contributed by atoms with Gasteiger partial charge >= 0.3 is 0 Å². The molecule has 2 aromatic heterocycles. The third kappa shape index (κ3) is 4.61. The average Bonchev–Trinajstić information content (AvgIpc) is 3.63. The third-order valence-corrected chi connectivity index (χ3v) is 9.35. The molecule has 11 heteroatoms. The lowest BCUT2D eigenvalue weighted by Gasteiger charge is -2.28. The highest BCUT2D eigenvalue weighted by Crippen LogP contribution is 2.36. The van der Waals surface area contributed by atoms with Gasteiger partial charge in [0.2, 0.25) is 15.9 Å². The van der Waals surface area contributed by atoms with Gasteiger partial charge in [-0.25, -0.2) is 13.4 Å². The number of fused-ring (bicyclic) bond motifs is 1. The predicted molar refractivity (Wildman–Crippen MR) is 139 cm³/mol. The van der Waals surface area contributed by atoms with Crippen LogP contribution in [0.3, 0.4) is 0 Å². The van der Waals surface area contributed by atoms with E-state index in [0.29, 0.717) is 34.5 Å². The van der Waals surface area contributed by atoms with E-state index in [9.17, 15) is 13.2 Å². The molecule has 3 heterocycles. The van der Waals surface area contributed by atoms with Crippen molar-refractivity contribution < 1.29 is 22.4 Å². The van der Waals surface area contributed by atoms with Crippen LogP contribution in [0, 0.1) is 6.92 Å². The van der Waals surface area contributed by atoms with E-state index in [0.717, 1.165) is 15.8 Å². The summed E-state index contributed by atoms with van der Waals surface area (Å²) in [6, 6.07) is 12.5. The fourth-order valence-corrected chi connectivity index (χ4v) is 7.47. The smallest absolute Gasteiger partial charge is 0.247 e. The Hall–Kier alpha value is -2.92. The van der Waals surface area contributed by atoms with Crippen LogP contribution in [0.2, 0.25) is 5.02 Å². The Labute approximate surface area is 218 Å². The number of carbonyl (C=O) groups excluding carboxylic acids is 1. The summed E-state index contributed by atoms with van der Waals surface area (Å²) < 4.78 is 39.8. The Bertz CT molecular complexity index is 1500. The standard InChI is InChI=1S/C25H24ClN3O5S2/c1-16-13-17(26)14-22-23(16)27-25(35-22)28(15-19-5-4-12-34-19)24(30)21-6-3-11-29(21)36(31,32)20-9-7-18(33-2)8-10-20/h4-5,7-10,12-14,21H,3,6,11,15H2,1-2H3. The minimum Gasteiger partial charge on any atom is -0.497 e. The van der Waals surface area contributed by atoms with Crippen molar-refractivity contribution in [2.45, 2.75) is 37.2 Å². The Morgan fingerprint density at radius 3 is 2.75 bits per heavy atom. The Kier molecular flexibility index (Phi) is 6.78. The zero-order valence-electron chi connectivity index (χ0n) is 19.7. The van der Waals surface area contributed by atoms with Crippen LogP contribution >= 0.6 is 22.9 Å². The summed E-state index contributed by atoms with van der Waals surface area (Å²) in [4.78, 5) is 20.4. The van der Waals surface area contributed by atoms with Crippen molar-refractivity contribution in [1.29, 1.82) is 0 Å². The number of anilines is 1. The van der Waals surface area contributed by atoms with Gasteiger partial charge < -0.3 is 9.15 Å². The molecule has 1 atom stereocenters. The van der Waals surface area contributed by atoms with Crippen LogP contribution < -0.4 is 9.64 Å². The quantitative estimate of drug-likeness (QED) is 0.315. The molecule has 0 radical (unpaired) electrons. The van der Waals surface area contributed by atoms with Gasteiger partial charge in [0.1, 0.15) is 17.6 Å². The summed E-state index contributed by atoms with van der Waals surface area (Å²) in [5.41, 5.74) is 1.65. The third-order valence-electron chi connectivity index (χ3n) is 6.18. The first kappa shape index (κ1) is 24.8. The molecule has 188 valence electrons. The molecule has 1 saturated heterocycles. The summed E-state index contributed by atoms with van der Waals surface area (Å²) in [5, 5.41) is 1.05. The molecule has 0 saturated carbocycles. The van der Waals surface area contributed by atoms with Crippen LogP contribution in [-0.4, -0.2) is 43.3 Å². The van der Waals surface area contributed by atoms with Gasteiger partial charge in [0.15, 0.2) is 5.13 Å². The fraction of sp³-hybridized carbons (Fsp3) is 0.280. The number of nitrogens with zero attached hydrogens (tertiary/aromatic N) is 3. The number of benzene rings is 2. The number of rotatable bonds is 7. The zero-order valence-corrected chi connectivity index (χ0v) is 22.1. The van der Waals surface area contributed by atoms with Crippen LogP contribution in [0.15, 0.2) is 64.1 Å². The summed E-state index contributed by atoms with van der Waals surface area (Å²) in [7, 11) is -2.38. The number of halogens is 1. The van der Waals surface area contributed by atoms with Crippen LogP contribution in [0.1, 0.15) is 24.2 Å². The molecular formula is C25H24ClN3O5S2. The number of methoxy groups -OCH3 is 1. The van der Waals surface area contributed by atoms with Crippen LogP contribution in [0.25, 0.3) is 10.2 Å². The molecule has 0 N–H and O–H groups in total. The SMILES string of the molecule is COc1ccc(S(=O)(=O)N2CCCC2C(=O)N(Cc2ccco2)c2nc3c(C)cc(Cl)cc3s2)cc1. The second-order valence-electron chi connectivity index (χ2n) is 8.52. The number of aromatic nitrogens is 1. The first-order valence-corrected chi connectivity index (χ1v) is 14.0. The van der Waals surface area contributed by atoms with Gasteiger partial charge in [-0.1, -0.05) is 22.9 Å². The Morgan fingerprint density at radius 1 is 1.28 bits per heavy atom. The molecule has 1 fully saturated rings. The van der Waals surface area contributed by atoms with E-state index in [4.69, 9.17) is 25.7 Å². The van der Waals surface area contributed by atoms with Crippen molar-refractivity contribution in [1.82, 2.24) is 9.29 Å². The second kappa shape index (κ2) is 9.85. The number of aryl methyl sites for hydroxylation is 1. The molecule has 1 aliphatic heterocycles. The Balaban J connectivity index is 1.51. The number of amides is 1. The molecule has 0 aliphatic carbocycles. The summed E-state index contributed by atoms with van der Waals surface area (Å²) in [5.74, 6) is 0.780. The molecule has 0 bridgehead atoms. The monoisotopic (exact) mass is 545 g/mol. The number of sulfonamides is 1. The number of carbonyl (C=O) groups is 1. The topological polar surface area (TPSA) is 93.0 Å². The molecule has 2 aromatic carbocycles. The van der Waals surface area contributed by atoms with E-state index in [1.807, 2.05) is 19.1 Å². The van der Waals surface area contributed by atoms with E-state index in [1.165, 1.54) is 46.0 Å². The number of thiazole rings is 1. The lowest BCUT2D eigenvalue weighted by Crippen LogP contribution is -2.47. The van der Waals surface area contributed by atoms with E-state index in [-0.39, 0.29) is 23.9 Å². The molecule has 1 unspecified atom stereocenters. The molecule has 4 aromatic rings. The minimum absolute atomic E-state index is 0.117. The van der Waals surface area contributed by atoms with E-state index < -0.39 is 16.1 Å². The predicted octanol–water partition coefficient (Wildman–Crippen LogP) is 5.25. The first-order valence-electron chi connectivity index (χ1n) is 11.3. The number of furan rings is 1. The summed E-state index contributed by atoms with van der Waals surface area (Å²) >= 11 is 7.58. The summed E-state index contributed by atoms with van der Waals surface area (Å²) in [6.07, 6.45) is 2.53. The molecule has 5 rings (SSSR count). The molecular weight excluding hydrogens is 522 g/mol. The lowest BCUT2D eigenvalue weighted by atomic mass is 10.2. The van der Waals surface area contributed by atoms with Gasteiger partial charge in [0.25, 0.3) is 0 Å². The van der Waals surface area contributed by atoms with Crippen LogP contribution in [0.4, 0.5) is 5.13 Å². The highest BCUT2D eigenvalue weighted by atomic mass is 35.5. The van der Waals surface area contributed by atoms with Gasteiger partial charge in [0, 0.05) is 11.6 Å². The molecule has 36 heavy (non-hydrogen) atoms. The van der Waals surface area contributed by atoms with Crippen LogP contribution in [-0.2, 0) is 21.4 Å². The highest BCUT2D eigenvalue weighted by Gasteiger charge is 2.42. The van der Waals surface area contributed by atoms with Crippen molar-refractivity contribution in [2.75, 3.05) is 18.6 Å². The highest BCUT2D eigenvalue weighted by molar-refractivity contribution is 7.89. The zero-order chi connectivity index (χ0) is 25.4. The largest absolute Gasteiger partial charge is 0.497 e. The molecule has 0 spiro atoms. The molecule has 1 aliphatic rings. The average molecular weight is 546 g/mol. The molecule has 8 nitrogen and oxygen atoms in total. The van der Waals surface area contributed by atoms with Crippen molar-refractivity contribution >= 4 is 54.2 Å². The van der Waals surface area contributed by atoms with Gasteiger partial charge in [-0.2, -0.15) is 4.31 Å².